The van der Waals surface area contributed by atoms with Crippen LogP contribution in [0.2, 0.25) is 0 Å². The number of anilines is 1. The summed E-state index contributed by atoms with van der Waals surface area (Å²) in [5.41, 5.74) is 8.07. The van der Waals surface area contributed by atoms with E-state index in [9.17, 15) is 4.79 Å². The van der Waals surface area contributed by atoms with E-state index >= 15 is 0 Å². The summed E-state index contributed by atoms with van der Waals surface area (Å²) in [7, 11) is 1.79. The summed E-state index contributed by atoms with van der Waals surface area (Å²) < 4.78 is 1.63. The van der Waals surface area contributed by atoms with Crippen molar-refractivity contribution in [3.8, 4) is 0 Å². The van der Waals surface area contributed by atoms with Gasteiger partial charge < -0.3 is 11.1 Å². The van der Waals surface area contributed by atoms with Crippen LogP contribution >= 0.6 is 0 Å². The number of nitrogens with two attached hydrogens (primary N) is 1. The number of aromatic nitrogens is 2. The van der Waals surface area contributed by atoms with Crippen molar-refractivity contribution < 1.29 is 4.79 Å². The number of benzene rings is 1. The number of nitrogens with one attached hydrogen (secondary N) is 1. The van der Waals surface area contributed by atoms with Crippen molar-refractivity contribution in [3.63, 3.8) is 0 Å². The number of rotatable bonds is 3. The Morgan fingerprint density at radius 2 is 2.28 bits per heavy atom. The highest BCUT2D eigenvalue weighted by Gasteiger charge is 2.11. The molecule has 0 saturated heterocycles. The second-order valence-electron chi connectivity index (χ2n) is 4.20. The summed E-state index contributed by atoms with van der Waals surface area (Å²) in [4.78, 5) is 12.0. The average Bonchev–Trinajstić information content (AvgIpc) is 2.69. The third-order valence-corrected chi connectivity index (χ3v) is 2.64. The molecule has 1 amide bonds. The highest BCUT2D eigenvalue weighted by Crippen LogP contribution is 2.13. The molecule has 5 heteroatoms. The van der Waals surface area contributed by atoms with Crippen LogP contribution in [0.1, 0.15) is 21.5 Å². The molecule has 0 saturated carbocycles. The van der Waals surface area contributed by atoms with E-state index in [0.29, 0.717) is 17.9 Å². The maximum Gasteiger partial charge on any atom is 0.256 e. The standard InChI is InChI=1S/C13H16N4O/c1-9-4-3-5-10(6-9)13(18)15-12-11(7-14)8-17(2)16-12/h3-6,8H,7,14H2,1-2H3,(H,15,16,18). The van der Waals surface area contributed by atoms with E-state index in [-0.39, 0.29) is 5.91 Å². The van der Waals surface area contributed by atoms with Crippen LogP contribution in [0.4, 0.5) is 5.82 Å². The molecule has 0 bridgehead atoms. The molecular formula is C13H16N4O. The number of aryl methyl sites for hydroxylation is 2. The summed E-state index contributed by atoms with van der Waals surface area (Å²) in [5, 5.41) is 6.95. The van der Waals surface area contributed by atoms with Crippen LogP contribution in [0.3, 0.4) is 0 Å². The van der Waals surface area contributed by atoms with E-state index in [1.807, 2.05) is 25.1 Å². The number of hydrogen-bond acceptors (Lipinski definition) is 3. The molecule has 0 aliphatic rings. The lowest BCUT2D eigenvalue weighted by Crippen LogP contribution is -2.14. The molecule has 3 N–H and O–H groups in total. The van der Waals surface area contributed by atoms with Crippen LogP contribution in [0.15, 0.2) is 30.5 Å². The molecule has 0 aliphatic carbocycles. The normalized spacial score (nSPS) is 10.4. The van der Waals surface area contributed by atoms with E-state index in [0.717, 1.165) is 11.1 Å². The minimum absolute atomic E-state index is 0.174. The monoisotopic (exact) mass is 244 g/mol. The lowest BCUT2D eigenvalue weighted by atomic mass is 10.1. The SMILES string of the molecule is Cc1cccc(C(=O)Nc2nn(C)cc2CN)c1. The largest absolute Gasteiger partial charge is 0.326 e. The second-order valence-corrected chi connectivity index (χ2v) is 4.20. The predicted molar refractivity (Wildman–Crippen MR) is 70.2 cm³/mol. The van der Waals surface area contributed by atoms with E-state index in [2.05, 4.69) is 10.4 Å². The van der Waals surface area contributed by atoms with E-state index < -0.39 is 0 Å². The van der Waals surface area contributed by atoms with Crippen LogP contribution in [0.25, 0.3) is 0 Å². The van der Waals surface area contributed by atoms with Gasteiger partial charge in [-0.2, -0.15) is 5.10 Å². The van der Waals surface area contributed by atoms with Crippen LogP contribution < -0.4 is 11.1 Å². The highest BCUT2D eigenvalue weighted by atomic mass is 16.1. The number of carbonyl (C=O) groups is 1. The Morgan fingerprint density at radius 1 is 1.50 bits per heavy atom. The number of amides is 1. The first-order valence-electron chi connectivity index (χ1n) is 5.70. The van der Waals surface area contributed by atoms with Crippen molar-refractivity contribution in [3.05, 3.63) is 47.2 Å². The van der Waals surface area contributed by atoms with Crippen molar-refractivity contribution in [2.24, 2.45) is 12.8 Å². The molecule has 1 aromatic heterocycles. The van der Waals surface area contributed by atoms with E-state index in [4.69, 9.17) is 5.73 Å². The quantitative estimate of drug-likeness (QED) is 0.858. The summed E-state index contributed by atoms with van der Waals surface area (Å²) in [5.74, 6) is 0.346. The minimum atomic E-state index is -0.174. The Hall–Kier alpha value is -2.14. The highest BCUT2D eigenvalue weighted by molar-refractivity contribution is 6.04. The van der Waals surface area contributed by atoms with E-state index in [1.165, 1.54) is 0 Å². The van der Waals surface area contributed by atoms with Gasteiger partial charge >= 0.3 is 0 Å². The lowest BCUT2D eigenvalue weighted by molar-refractivity contribution is 0.102. The van der Waals surface area contributed by atoms with Gasteiger partial charge in [-0.3, -0.25) is 9.48 Å². The zero-order valence-corrected chi connectivity index (χ0v) is 10.5. The number of carbonyl (C=O) groups excluding carboxylic acids is 1. The molecule has 5 nitrogen and oxygen atoms in total. The molecular weight excluding hydrogens is 228 g/mol. The molecule has 0 radical (unpaired) electrons. The molecule has 1 heterocycles. The summed E-state index contributed by atoms with van der Waals surface area (Å²) in [6.45, 7) is 2.29. The first-order valence-corrected chi connectivity index (χ1v) is 5.70. The molecule has 2 aromatic rings. The first kappa shape index (κ1) is 12.3. The Morgan fingerprint density at radius 3 is 2.94 bits per heavy atom. The fourth-order valence-corrected chi connectivity index (χ4v) is 1.76. The fraction of sp³-hybridized carbons (Fsp3) is 0.231. The molecule has 0 unspecified atom stereocenters. The Kier molecular flexibility index (Phi) is 3.43. The van der Waals surface area contributed by atoms with Gasteiger partial charge in [0.05, 0.1) is 0 Å². The van der Waals surface area contributed by atoms with Crippen LogP contribution in [-0.4, -0.2) is 15.7 Å². The van der Waals surface area contributed by atoms with Crippen molar-refractivity contribution in [2.45, 2.75) is 13.5 Å². The Balaban J connectivity index is 2.21. The zero-order chi connectivity index (χ0) is 13.1. The van der Waals surface area contributed by atoms with Crippen molar-refractivity contribution in [1.82, 2.24) is 9.78 Å². The third kappa shape index (κ3) is 2.57. The van der Waals surface area contributed by atoms with Gasteiger partial charge in [0.25, 0.3) is 5.91 Å². The van der Waals surface area contributed by atoms with Gasteiger partial charge in [0.15, 0.2) is 5.82 Å². The van der Waals surface area contributed by atoms with Gasteiger partial charge in [-0.15, -0.1) is 0 Å². The fourth-order valence-electron chi connectivity index (χ4n) is 1.76. The predicted octanol–water partition coefficient (Wildman–Crippen LogP) is 1.44. The molecule has 18 heavy (non-hydrogen) atoms. The van der Waals surface area contributed by atoms with Gasteiger partial charge in [0.1, 0.15) is 0 Å². The summed E-state index contributed by atoms with van der Waals surface area (Å²) in [6, 6.07) is 7.41. The second kappa shape index (κ2) is 5.01. The van der Waals surface area contributed by atoms with Crippen LogP contribution in [-0.2, 0) is 13.6 Å². The maximum absolute atomic E-state index is 12.0. The molecule has 0 spiro atoms. The Labute approximate surface area is 106 Å². The molecule has 2 rings (SSSR count). The number of hydrogen-bond donors (Lipinski definition) is 2. The molecule has 0 fully saturated rings. The van der Waals surface area contributed by atoms with Crippen molar-refractivity contribution >= 4 is 11.7 Å². The number of nitrogens with zero attached hydrogens (tertiary/aromatic N) is 2. The van der Waals surface area contributed by atoms with E-state index in [1.54, 1.807) is 24.0 Å². The van der Waals surface area contributed by atoms with Crippen LogP contribution in [0, 0.1) is 6.92 Å². The van der Waals surface area contributed by atoms with Gasteiger partial charge in [0, 0.05) is 30.9 Å². The van der Waals surface area contributed by atoms with Crippen LogP contribution in [0.5, 0.6) is 0 Å². The summed E-state index contributed by atoms with van der Waals surface area (Å²) in [6.07, 6.45) is 1.80. The third-order valence-electron chi connectivity index (χ3n) is 2.64. The van der Waals surface area contributed by atoms with Gasteiger partial charge in [-0.25, -0.2) is 0 Å². The first-order chi connectivity index (χ1) is 8.60. The van der Waals surface area contributed by atoms with Gasteiger partial charge in [0.2, 0.25) is 0 Å². The molecule has 94 valence electrons. The van der Waals surface area contributed by atoms with Gasteiger partial charge in [-0.1, -0.05) is 17.7 Å². The van der Waals surface area contributed by atoms with Crippen molar-refractivity contribution in [2.75, 3.05) is 5.32 Å². The average molecular weight is 244 g/mol. The zero-order valence-electron chi connectivity index (χ0n) is 10.5. The molecule has 0 atom stereocenters. The smallest absolute Gasteiger partial charge is 0.256 e. The molecule has 0 aliphatic heterocycles. The minimum Gasteiger partial charge on any atom is -0.326 e. The topological polar surface area (TPSA) is 72.9 Å². The maximum atomic E-state index is 12.0. The van der Waals surface area contributed by atoms with Gasteiger partial charge in [-0.05, 0) is 19.1 Å². The Bertz CT molecular complexity index is 574. The lowest BCUT2D eigenvalue weighted by Gasteiger charge is -2.04. The molecule has 1 aromatic carbocycles. The summed E-state index contributed by atoms with van der Waals surface area (Å²) >= 11 is 0. The van der Waals surface area contributed by atoms with Crippen molar-refractivity contribution in [1.29, 1.82) is 0 Å².